The predicted octanol–water partition coefficient (Wildman–Crippen LogP) is 2.99. The highest BCUT2D eigenvalue weighted by Gasteiger charge is 2.32. The van der Waals surface area contributed by atoms with Crippen LogP contribution < -0.4 is 15.8 Å². The summed E-state index contributed by atoms with van der Waals surface area (Å²) in [4.78, 5) is 36.4. The summed E-state index contributed by atoms with van der Waals surface area (Å²) in [5.41, 5.74) is 6.21. The van der Waals surface area contributed by atoms with E-state index in [0.29, 0.717) is 11.4 Å². The SMILES string of the molecule is CC(C)C[C@H](NC(=O)[C@@H](NS(=O)(=O)c1ccc(N=Nc2ccccc2)cc1)C(C)C)C(=O)C(N)=O. The monoisotopic (exact) mass is 501 g/mol. The minimum atomic E-state index is -4.09. The second kappa shape index (κ2) is 12.3. The topological polar surface area (TPSA) is 160 Å². The fourth-order valence-corrected chi connectivity index (χ4v) is 4.51. The van der Waals surface area contributed by atoms with E-state index in [1.165, 1.54) is 24.3 Å². The van der Waals surface area contributed by atoms with E-state index < -0.39 is 45.6 Å². The number of amides is 2. The van der Waals surface area contributed by atoms with Crippen LogP contribution in [0.25, 0.3) is 0 Å². The van der Waals surface area contributed by atoms with Crippen molar-refractivity contribution in [1.29, 1.82) is 0 Å². The second-order valence-corrected chi connectivity index (χ2v) is 10.5. The summed E-state index contributed by atoms with van der Waals surface area (Å²) in [6.45, 7) is 6.96. The molecule has 35 heavy (non-hydrogen) atoms. The fourth-order valence-electron chi connectivity index (χ4n) is 3.17. The summed E-state index contributed by atoms with van der Waals surface area (Å²) < 4.78 is 28.3. The van der Waals surface area contributed by atoms with Crippen LogP contribution in [0.3, 0.4) is 0 Å². The van der Waals surface area contributed by atoms with Gasteiger partial charge < -0.3 is 11.1 Å². The van der Waals surface area contributed by atoms with Crippen LogP contribution in [0, 0.1) is 11.8 Å². The number of nitrogens with zero attached hydrogens (tertiary/aromatic N) is 2. The summed E-state index contributed by atoms with van der Waals surface area (Å²) in [5, 5.41) is 10.6. The molecule has 2 atom stereocenters. The van der Waals surface area contributed by atoms with Crippen molar-refractivity contribution in [3.05, 3.63) is 54.6 Å². The first-order valence-electron chi connectivity index (χ1n) is 11.1. The standard InChI is InChI=1S/C24H31N5O5S/c1-15(2)14-20(22(30)23(25)31)26-24(32)21(16(3)4)29-35(33,34)19-12-10-18(11-13-19)28-27-17-8-6-5-7-9-17/h5-13,15-16,20-21,29H,14H2,1-4H3,(H2,25,31)(H,26,32)/t20-,21-/m0/s1. The number of benzene rings is 2. The first-order valence-corrected chi connectivity index (χ1v) is 12.6. The Morgan fingerprint density at radius 2 is 1.43 bits per heavy atom. The Balaban J connectivity index is 2.17. The predicted molar refractivity (Wildman–Crippen MR) is 132 cm³/mol. The van der Waals surface area contributed by atoms with Gasteiger partial charge in [-0.25, -0.2) is 8.42 Å². The summed E-state index contributed by atoms with van der Waals surface area (Å²) in [6, 6.07) is 12.5. The molecular weight excluding hydrogens is 470 g/mol. The summed E-state index contributed by atoms with van der Waals surface area (Å²) in [7, 11) is -4.09. The van der Waals surface area contributed by atoms with Gasteiger partial charge in [0.15, 0.2) is 0 Å². The molecule has 0 spiro atoms. The Morgan fingerprint density at radius 3 is 1.91 bits per heavy atom. The highest BCUT2D eigenvalue weighted by molar-refractivity contribution is 7.89. The third-order valence-corrected chi connectivity index (χ3v) is 6.46. The molecule has 0 aliphatic heterocycles. The van der Waals surface area contributed by atoms with Crippen LogP contribution in [-0.2, 0) is 24.4 Å². The molecule has 0 fully saturated rings. The molecule has 0 aliphatic carbocycles. The smallest absolute Gasteiger partial charge is 0.287 e. The lowest BCUT2D eigenvalue weighted by Crippen LogP contribution is -2.55. The summed E-state index contributed by atoms with van der Waals surface area (Å²) in [5.74, 6) is -3.29. The fraction of sp³-hybridized carbons (Fsp3) is 0.375. The van der Waals surface area contributed by atoms with Crippen LogP contribution in [0.5, 0.6) is 0 Å². The Labute approximate surface area is 205 Å². The lowest BCUT2D eigenvalue weighted by Gasteiger charge is -2.25. The quantitative estimate of drug-likeness (QED) is 0.300. The van der Waals surface area contributed by atoms with Crippen molar-refractivity contribution in [2.75, 3.05) is 0 Å². The number of ketones is 1. The Bertz CT molecular complexity index is 1160. The summed E-state index contributed by atoms with van der Waals surface area (Å²) in [6.07, 6.45) is 0.185. The van der Waals surface area contributed by atoms with Crippen molar-refractivity contribution < 1.29 is 22.8 Å². The lowest BCUT2D eigenvalue weighted by molar-refractivity contribution is -0.138. The van der Waals surface area contributed by atoms with Gasteiger partial charge in [-0.05, 0) is 54.7 Å². The molecule has 0 aromatic heterocycles. The normalized spacial score (nSPS) is 13.7. The number of rotatable bonds is 12. The molecule has 10 nitrogen and oxygen atoms in total. The van der Waals surface area contributed by atoms with Gasteiger partial charge in [0.05, 0.1) is 22.3 Å². The van der Waals surface area contributed by atoms with Crippen molar-refractivity contribution in [3.8, 4) is 0 Å². The number of hydrogen-bond acceptors (Lipinski definition) is 7. The van der Waals surface area contributed by atoms with E-state index in [9.17, 15) is 22.8 Å². The Morgan fingerprint density at radius 1 is 0.886 bits per heavy atom. The van der Waals surface area contributed by atoms with Crippen molar-refractivity contribution in [2.45, 2.75) is 51.1 Å². The van der Waals surface area contributed by atoms with Crippen LogP contribution in [0.2, 0.25) is 0 Å². The van der Waals surface area contributed by atoms with Crippen molar-refractivity contribution in [2.24, 2.45) is 27.8 Å². The van der Waals surface area contributed by atoms with Gasteiger partial charge >= 0.3 is 0 Å². The summed E-state index contributed by atoms with van der Waals surface area (Å²) >= 11 is 0. The van der Waals surface area contributed by atoms with E-state index in [0.717, 1.165) is 0 Å². The maximum absolute atomic E-state index is 13.0. The van der Waals surface area contributed by atoms with E-state index in [1.54, 1.807) is 26.0 Å². The van der Waals surface area contributed by atoms with Gasteiger partial charge in [-0.1, -0.05) is 45.9 Å². The lowest BCUT2D eigenvalue weighted by atomic mass is 9.98. The molecule has 0 radical (unpaired) electrons. The first-order chi connectivity index (χ1) is 16.4. The number of hydrogen-bond donors (Lipinski definition) is 3. The minimum Gasteiger partial charge on any atom is -0.363 e. The third-order valence-electron chi connectivity index (χ3n) is 5.00. The van der Waals surface area contributed by atoms with Gasteiger partial charge in [0, 0.05) is 0 Å². The van der Waals surface area contributed by atoms with E-state index in [4.69, 9.17) is 5.73 Å². The maximum Gasteiger partial charge on any atom is 0.287 e. The van der Waals surface area contributed by atoms with Gasteiger partial charge in [-0.2, -0.15) is 15.0 Å². The van der Waals surface area contributed by atoms with E-state index in [1.807, 2.05) is 32.0 Å². The van der Waals surface area contributed by atoms with Gasteiger partial charge in [0.2, 0.25) is 21.7 Å². The molecule has 0 saturated carbocycles. The number of nitrogens with one attached hydrogen (secondary N) is 2. The van der Waals surface area contributed by atoms with Gasteiger partial charge in [-0.15, -0.1) is 0 Å². The molecule has 0 saturated heterocycles. The second-order valence-electron chi connectivity index (χ2n) is 8.79. The zero-order valence-electron chi connectivity index (χ0n) is 20.1. The van der Waals surface area contributed by atoms with E-state index in [2.05, 4.69) is 20.3 Å². The number of azo groups is 1. The van der Waals surface area contributed by atoms with Crippen LogP contribution >= 0.6 is 0 Å². The number of carbonyl (C=O) groups is 3. The highest BCUT2D eigenvalue weighted by atomic mass is 32.2. The van der Waals surface area contributed by atoms with Crippen LogP contribution in [-0.4, -0.2) is 38.1 Å². The van der Waals surface area contributed by atoms with Gasteiger partial charge in [-0.3, -0.25) is 14.4 Å². The van der Waals surface area contributed by atoms with Crippen molar-refractivity contribution >= 4 is 39.0 Å². The third kappa shape index (κ3) is 8.37. The molecular formula is C24H31N5O5S. The highest BCUT2D eigenvalue weighted by Crippen LogP contribution is 2.21. The number of nitrogens with two attached hydrogens (primary N) is 1. The van der Waals surface area contributed by atoms with E-state index >= 15 is 0 Å². The van der Waals surface area contributed by atoms with Gasteiger partial charge in [0.25, 0.3) is 5.91 Å². The molecule has 4 N–H and O–H groups in total. The number of Topliss-reactive ketones (excluding diaryl/α,β-unsaturated/α-hetero) is 1. The average molecular weight is 502 g/mol. The van der Waals surface area contributed by atoms with Crippen LogP contribution in [0.1, 0.15) is 34.1 Å². The number of primary amides is 1. The average Bonchev–Trinajstić information content (AvgIpc) is 2.80. The largest absolute Gasteiger partial charge is 0.363 e. The first kappa shape index (κ1) is 27.8. The molecule has 0 unspecified atom stereocenters. The minimum absolute atomic E-state index is 0.0182. The molecule has 2 rings (SSSR count). The number of carbonyl (C=O) groups excluding carboxylic acids is 3. The van der Waals surface area contributed by atoms with Crippen LogP contribution in [0.4, 0.5) is 11.4 Å². The van der Waals surface area contributed by atoms with Crippen LogP contribution in [0.15, 0.2) is 69.7 Å². The van der Waals surface area contributed by atoms with Crippen molar-refractivity contribution in [1.82, 2.24) is 10.0 Å². The molecule has 0 bridgehead atoms. The van der Waals surface area contributed by atoms with E-state index in [-0.39, 0.29) is 17.2 Å². The zero-order chi connectivity index (χ0) is 26.2. The number of sulfonamides is 1. The Kier molecular flexibility index (Phi) is 9.78. The Hall–Kier alpha value is -3.44. The zero-order valence-corrected chi connectivity index (χ0v) is 21.0. The molecule has 0 heterocycles. The molecule has 188 valence electrons. The molecule has 11 heteroatoms. The molecule has 2 amide bonds. The maximum atomic E-state index is 13.0. The molecule has 2 aromatic rings. The van der Waals surface area contributed by atoms with Crippen molar-refractivity contribution in [3.63, 3.8) is 0 Å². The molecule has 2 aromatic carbocycles. The van der Waals surface area contributed by atoms with Gasteiger partial charge in [0.1, 0.15) is 6.04 Å². The molecule has 0 aliphatic rings.